The fourth-order valence-electron chi connectivity index (χ4n) is 2.32. The Kier molecular flexibility index (Phi) is 5.36. The van der Waals surface area contributed by atoms with Crippen molar-refractivity contribution in [2.75, 3.05) is 20.3 Å². The molecule has 4 nitrogen and oxygen atoms in total. The topological polar surface area (TPSA) is 47.6 Å². The minimum absolute atomic E-state index is 0.286. The molecule has 1 saturated heterocycles. The first-order valence-corrected chi connectivity index (χ1v) is 6.80. The SMILES string of the molecule is COC(=O)c1ccccc1CNCC1CCCCO1. The smallest absolute Gasteiger partial charge is 0.338 e. The van der Waals surface area contributed by atoms with Gasteiger partial charge in [-0.25, -0.2) is 4.79 Å². The molecule has 0 radical (unpaired) electrons. The molecule has 0 amide bonds. The largest absolute Gasteiger partial charge is 0.465 e. The van der Waals surface area contributed by atoms with Crippen LogP contribution in [-0.4, -0.2) is 32.3 Å². The van der Waals surface area contributed by atoms with E-state index in [4.69, 9.17) is 9.47 Å². The first kappa shape index (κ1) is 14.0. The van der Waals surface area contributed by atoms with E-state index in [0.29, 0.717) is 18.2 Å². The standard InChI is InChI=1S/C15H21NO3/c1-18-15(17)14-8-3-2-6-12(14)10-16-11-13-7-4-5-9-19-13/h2-3,6,8,13,16H,4-5,7,9-11H2,1H3. The number of esters is 1. The number of nitrogens with one attached hydrogen (secondary N) is 1. The molecule has 0 spiro atoms. The number of rotatable bonds is 5. The van der Waals surface area contributed by atoms with Gasteiger partial charge in [-0.05, 0) is 30.9 Å². The second kappa shape index (κ2) is 7.26. The Labute approximate surface area is 114 Å². The van der Waals surface area contributed by atoms with Crippen molar-refractivity contribution in [2.45, 2.75) is 31.9 Å². The maximum Gasteiger partial charge on any atom is 0.338 e. The van der Waals surface area contributed by atoms with E-state index in [0.717, 1.165) is 25.1 Å². The molecule has 1 N–H and O–H groups in total. The fraction of sp³-hybridized carbons (Fsp3) is 0.533. The number of methoxy groups -OCH3 is 1. The molecule has 1 aliphatic rings. The highest BCUT2D eigenvalue weighted by molar-refractivity contribution is 5.90. The van der Waals surface area contributed by atoms with Crippen LogP contribution in [0.3, 0.4) is 0 Å². The summed E-state index contributed by atoms with van der Waals surface area (Å²) in [7, 11) is 1.41. The molecule has 0 bridgehead atoms. The fourth-order valence-corrected chi connectivity index (χ4v) is 2.32. The van der Waals surface area contributed by atoms with E-state index < -0.39 is 0 Å². The third kappa shape index (κ3) is 4.04. The maximum atomic E-state index is 11.6. The zero-order chi connectivity index (χ0) is 13.5. The minimum atomic E-state index is -0.286. The molecule has 4 heteroatoms. The van der Waals surface area contributed by atoms with Gasteiger partial charge >= 0.3 is 5.97 Å². The summed E-state index contributed by atoms with van der Waals surface area (Å²) in [5, 5.41) is 3.36. The Morgan fingerprint density at radius 2 is 2.26 bits per heavy atom. The first-order chi connectivity index (χ1) is 9.31. The number of benzene rings is 1. The second-order valence-electron chi connectivity index (χ2n) is 4.77. The first-order valence-electron chi connectivity index (χ1n) is 6.80. The zero-order valence-corrected chi connectivity index (χ0v) is 11.4. The summed E-state index contributed by atoms with van der Waals surface area (Å²) in [5.41, 5.74) is 1.59. The lowest BCUT2D eigenvalue weighted by Gasteiger charge is -2.23. The third-order valence-corrected chi connectivity index (χ3v) is 3.38. The zero-order valence-electron chi connectivity index (χ0n) is 11.4. The van der Waals surface area contributed by atoms with Crippen LogP contribution in [0.4, 0.5) is 0 Å². The van der Waals surface area contributed by atoms with Gasteiger partial charge in [0.25, 0.3) is 0 Å². The Morgan fingerprint density at radius 3 is 3.00 bits per heavy atom. The van der Waals surface area contributed by atoms with Crippen molar-refractivity contribution in [3.05, 3.63) is 35.4 Å². The Morgan fingerprint density at radius 1 is 1.42 bits per heavy atom. The van der Waals surface area contributed by atoms with Crippen molar-refractivity contribution in [3.63, 3.8) is 0 Å². The third-order valence-electron chi connectivity index (χ3n) is 3.38. The molecule has 2 rings (SSSR count). The van der Waals surface area contributed by atoms with Crippen molar-refractivity contribution in [1.29, 1.82) is 0 Å². The monoisotopic (exact) mass is 263 g/mol. The lowest BCUT2D eigenvalue weighted by atomic mass is 10.1. The van der Waals surface area contributed by atoms with E-state index >= 15 is 0 Å². The average Bonchev–Trinajstić information content (AvgIpc) is 2.48. The molecule has 1 aliphatic heterocycles. The van der Waals surface area contributed by atoms with Crippen molar-refractivity contribution in [3.8, 4) is 0 Å². The number of carbonyl (C=O) groups excluding carboxylic acids is 1. The number of hydrogen-bond donors (Lipinski definition) is 1. The van der Waals surface area contributed by atoms with E-state index in [1.165, 1.54) is 20.0 Å². The Balaban J connectivity index is 1.86. The van der Waals surface area contributed by atoms with Crippen molar-refractivity contribution in [2.24, 2.45) is 0 Å². The highest BCUT2D eigenvalue weighted by atomic mass is 16.5. The Hall–Kier alpha value is -1.39. The molecule has 104 valence electrons. The summed E-state index contributed by atoms with van der Waals surface area (Å²) in [4.78, 5) is 11.6. The summed E-state index contributed by atoms with van der Waals surface area (Å²) >= 11 is 0. The molecule has 1 unspecified atom stereocenters. The molecule has 1 atom stereocenters. The molecule has 1 fully saturated rings. The predicted molar refractivity (Wildman–Crippen MR) is 73.1 cm³/mol. The molecule has 1 aromatic rings. The molecule has 0 aromatic heterocycles. The van der Waals surface area contributed by atoms with Crippen molar-refractivity contribution >= 4 is 5.97 Å². The van der Waals surface area contributed by atoms with Gasteiger partial charge in [-0.2, -0.15) is 0 Å². The summed E-state index contributed by atoms with van der Waals surface area (Å²) in [5.74, 6) is -0.286. The van der Waals surface area contributed by atoms with Gasteiger partial charge in [-0.15, -0.1) is 0 Å². The summed E-state index contributed by atoms with van der Waals surface area (Å²) in [6, 6.07) is 7.52. The molecular weight excluding hydrogens is 242 g/mol. The van der Waals surface area contributed by atoms with Crippen LogP contribution >= 0.6 is 0 Å². The molecule has 0 aliphatic carbocycles. The van der Waals surface area contributed by atoms with Crippen LogP contribution < -0.4 is 5.32 Å². The van der Waals surface area contributed by atoms with Crippen LogP contribution in [0.15, 0.2) is 24.3 Å². The number of hydrogen-bond acceptors (Lipinski definition) is 4. The number of carbonyl (C=O) groups is 1. The number of ether oxygens (including phenoxy) is 2. The van der Waals surface area contributed by atoms with Gasteiger partial charge in [0.2, 0.25) is 0 Å². The summed E-state index contributed by atoms with van der Waals surface area (Å²) in [6.45, 7) is 2.35. The van der Waals surface area contributed by atoms with Gasteiger partial charge in [0.1, 0.15) is 0 Å². The minimum Gasteiger partial charge on any atom is -0.465 e. The average molecular weight is 263 g/mol. The van der Waals surface area contributed by atoms with Gasteiger partial charge in [-0.3, -0.25) is 0 Å². The molecular formula is C15H21NO3. The normalized spacial score (nSPS) is 19.1. The van der Waals surface area contributed by atoms with Crippen molar-refractivity contribution in [1.82, 2.24) is 5.32 Å². The van der Waals surface area contributed by atoms with Gasteiger partial charge in [0.05, 0.1) is 18.8 Å². The molecule has 1 aromatic carbocycles. The summed E-state index contributed by atoms with van der Waals surface area (Å²) < 4.78 is 10.4. The van der Waals surface area contributed by atoms with Crippen molar-refractivity contribution < 1.29 is 14.3 Å². The van der Waals surface area contributed by atoms with E-state index in [1.807, 2.05) is 18.2 Å². The van der Waals surface area contributed by atoms with Crippen LogP contribution in [0.25, 0.3) is 0 Å². The Bertz CT molecular complexity index is 414. The van der Waals surface area contributed by atoms with Crippen LogP contribution in [-0.2, 0) is 16.0 Å². The van der Waals surface area contributed by atoms with Crippen LogP contribution in [0.1, 0.15) is 35.2 Å². The van der Waals surface area contributed by atoms with Gasteiger partial charge < -0.3 is 14.8 Å². The van der Waals surface area contributed by atoms with Crippen LogP contribution in [0.2, 0.25) is 0 Å². The highest BCUT2D eigenvalue weighted by Gasteiger charge is 2.14. The predicted octanol–water partition coefficient (Wildman–Crippen LogP) is 2.13. The van der Waals surface area contributed by atoms with Gasteiger partial charge in [0, 0.05) is 19.7 Å². The van der Waals surface area contributed by atoms with E-state index in [2.05, 4.69) is 5.32 Å². The quantitative estimate of drug-likeness (QED) is 0.827. The lowest BCUT2D eigenvalue weighted by molar-refractivity contribution is 0.0168. The lowest BCUT2D eigenvalue weighted by Crippen LogP contribution is -2.31. The van der Waals surface area contributed by atoms with Gasteiger partial charge in [0.15, 0.2) is 0 Å². The molecule has 1 heterocycles. The second-order valence-corrected chi connectivity index (χ2v) is 4.77. The maximum absolute atomic E-state index is 11.6. The van der Waals surface area contributed by atoms with E-state index in [-0.39, 0.29) is 5.97 Å². The van der Waals surface area contributed by atoms with Crippen LogP contribution in [0, 0.1) is 0 Å². The van der Waals surface area contributed by atoms with Gasteiger partial charge in [-0.1, -0.05) is 18.2 Å². The molecule has 0 saturated carbocycles. The van der Waals surface area contributed by atoms with Crippen LogP contribution in [0.5, 0.6) is 0 Å². The summed E-state index contributed by atoms with van der Waals surface area (Å²) in [6.07, 6.45) is 3.83. The molecule has 19 heavy (non-hydrogen) atoms. The van der Waals surface area contributed by atoms with E-state index in [1.54, 1.807) is 6.07 Å². The highest BCUT2D eigenvalue weighted by Crippen LogP contribution is 2.13. The van der Waals surface area contributed by atoms with E-state index in [9.17, 15) is 4.79 Å².